The quantitative estimate of drug-likeness (QED) is 0.557. The first-order chi connectivity index (χ1) is 12.6. The summed E-state index contributed by atoms with van der Waals surface area (Å²) < 4.78 is 2.52. The Kier molecular flexibility index (Phi) is 3.93. The molecule has 0 bridgehead atoms. The molecule has 0 atom stereocenters. The van der Waals surface area contributed by atoms with Gasteiger partial charge in [-0.3, -0.25) is 24.8 Å². The molecule has 0 unspecified atom stereocenters. The molecule has 4 aromatic rings. The lowest BCUT2D eigenvalue weighted by atomic mass is 10.2. The van der Waals surface area contributed by atoms with Crippen LogP contribution >= 0.6 is 11.3 Å². The number of anilines is 1. The average Bonchev–Trinajstić information content (AvgIpc) is 3.17. The molecule has 3 heterocycles. The zero-order valence-electron chi connectivity index (χ0n) is 13.2. The van der Waals surface area contributed by atoms with Gasteiger partial charge in [-0.1, -0.05) is 41.7 Å². The van der Waals surface area contributed by atoms with Crippen molar-refractivity contribution in [2.24, 2.45) is 0 Å². The third kappa shape index (κ3) is 3.17. The number of aromatic amines is 1. The highest BCUT2D eigenvalue weighted by molar-refractivity contribution is 7.20. The van der Waals surface area contributed by atoms with Crippen LogP contribution in [0.1, 0.15) is 0 Å². The van der Waals surface area contributed by atoms with Gasteiger partial charge in [-0.2, -0.15) is 0 Å². The lowest BCUT2D eigenvalue weighted by Crippen LogP contribution is -2.32. The van der Waals surface area contributed by atoms with E-state index in [9.17, 15) is 14.4 Å². The van der Waals surface area contributed by atoms with Gasteiger partial charge < -0.3 is 0 Å². The largest absolute Gasteiger partial charge is 0.299 e. The maximum atomic E-state index is 12.1. The highest BCUT2D eigenvalue weighted by Gasteiger charge is 2.12. The Morgan fingerprint density at radius 1 is 1.15 bits per heavy atom. The minimum atomic E-state index is -0.478. The van der Waals surface area contributed by atoms with Gasteiger partial charge >= 0.3 is 0 Å². The summed E-state index contributed by atoms with van der Waals surface area (Å²) in [5, 5.41) is 9.50. The fourth-order valence-electron chi connectivity index (χ4n) is 2.38. The summed E-state index contributed by atoms with van der Waals surface area (Å²) >= 11 is 1.21. The molecule has 26 heavy (non-hydrogen) atoms. The Morgan fingerprint density at radius 2 is 1.96 bits per heavy atom. The Hall–Kier alpha value is -3.53. The summed E-state index contributed by atoms with van der Waals surface area (Å²) in [6, 6.07) is 11.9. The monoisotopic (exact) mass is 368 g/mol. The molecule has 2 N–H and O–H groups in total. The smallest absolute Gasteiger partial charge is 0.265 e. The predicted octanol–water partition coefficient (Wildman–Crippen LogP) is 0.946. The first kappa shape index (κ1) is 16.0. The number of H-pyrrole nitrogens is 1. The molecule has 0 saturated carbocycles. The molecule has 130 valence electrons. The molecule has 0 spiro atoms. The van der Waals surface area contributed by atoms with Gasteiger partial charge in [0, 0.05) is 17.7 Å². The van der Waals surface area contributed by atoms with E-state index in [0.29, 0.717) is 10.1 Å². The third-order valence-corrected chi connectivity index (χ3v) is 4.39. The molecular formula is C16H12N6O3S. The van der Waals surface area contributed by atoms with Crippen LogP contribution in [0.2, 0.25) is 0 Å². The molecule has 4 rings (SSSR count). The van der Waals surface area contributed by atoms with E-state index in [1.54, 1.807) is 10.7 Å². The number of benzene rings is 1. The molecule has 0 aliphatic carbocycles. The number of hydrogen-bond donors (Lipinski definition) is 2. The van der Waals surface area contributed by atoms with Gasteiger partial charge in [-0.25, -0.2) is 14.2 Å². The van der Waals surface area contributed by atoms with Crippen molar-refractivity contribution < 1.29 is 4.79 Å². The minimum absolute atomic E-state index is 0.313. The fraction of sp³-hybridized carbons (Fsp3) is 0.0625. The van der Waals surface area contributed by atoms with Crippen LogP contribution in [-0.2, 0) is 11.3 Å². The minimum Gasteiger partial charge on any atom is -0.299 e. The summed E-state index contributed by atoms with van der Waals surface area (Å²) in [5.74, 6) is -0.478. The number of hydrogen-bond acceptors (Lipinski definition) is 6. The van der Waals surface area contributed by atoms with E-state index in [4.69, 9.17) is 0 Å². The van der Waals surface area contributed by atoms with Crippen molar-refractivity contribution in [3.63, 3.8) is 0 Å². The molecular weight excluding hydrogens is 356 g/mol. The highest BCUT2D eigenvalue weighted by Crippen LogP contribution is 2.24. The molecule has 0 aliphatic rings. The van der Waals surface area contributed by atoms with E-state index < -0.39 is 17.0 Å². The molecule has 0 radical (unpaired) electrons. The van der Waals surface area contributed by atoms with Crippen molar-refractivity contribution in [1.82, 2.24) is 24.4 Å². The van der Waals surface area contributed by atoms with Gasteiger partial charge in [0.05, 0.1) is 11.9 Å². The number of nitrogens with one attached hydrogen (secondary N) is 2. The van der Waals surface area contributed by atoms with Gasteiger partial charge in [0.15, 0.2) is 0 Å². The molecule has 1 aromatic carbocycles. The fourth-order valence-corrected chi connectivity index (χ4v) is 3.18. The van der Waals surface area contributed by atoms with Gasteiger partial charge in [0.2, 0.25) is 16.0 Å². The summed E-state index contributed by atoms with van der Waals surface area (Å²) in [4.78, 5) is 40.1. The van der Waals surface area contributed by atoms with Gasteiger partial charge in [0.25, 0.3) is 11.1 Å². The van der Waals surface area contributed by atoms with E-state index >= 15 is 0 Å². The standard InChI is InChI=1S/C16H12N6O3S/c23-12-6-7-14(25)21(19-12)9-13(24)18-15-20-22-8-11(17-16(22)26-15)10-4-2-1-3-5-10/h1-8H,9H2,(H,19,23)(H,18,20,24). The lowest BCUT2D eigenvalue weighted by molar-refractivity contribution is -0.117. The average molecular weight is 368 g/mol. The van der Waals surface area contributed by atoms with Crippen molar-refractivity contribution in [2.45, 2.75) is 6.54 Å². The molecule has 1 amide bonds. The zero-order chi connectivity index (χ0) is 18.1. The second-order valence-corrected chi connectivity index (χ2v) is 6.36. The first-order valence-electron chi connectivity index (χ1n) is 7.60. The molecule has 0 saturated heterocycles. The maximum absolute atomic E-state index is 12.1. The van der Waals surface area contributed by atoms with E-state index in [2.05, 4.69) is 20.5 Å². The van der Waals surface area contributed by atoms with E-state index in [1.807, 2.05) is 30.3 Å². The van der Waals surface area contributed by atoms with E-state index in [0.717, 1.165) is 28.1 Å². The highest BCUT2D eigenvalue weighted by atomic mass is 32.1. The molecule has 3 aromatic heterocycles. The van der Waals surface area contributed by atoms with Crippen LogP contribution in [0, 0.1) is 0 Å². The third-order valence-electron chi connectivity index (χ3n) is 3.55. The number of carbonyl (C=O) groups is 1. The number of carbonyl (C=O) groups excluding carboxylic acids is 1. The Labute approximate surface area is 149 Å². The van der Waals surface area contributed by atoms with Crippen molar-refractivity contribution >= 4 is 27.3 Å². The molecule has 9 nitrogen and oxygen atoms in total. The van der Waals surface area contributed by atoms with Gasteiger partial charge in [-0.05, 0) is 0 Å². The van der Waals surface area contributed by atoms with Crippen molar-refractivity contribution in [2.75, 3.05) is 5.32 Å². The summed E-state index contributed by atoms with van der Waals surface area (Å²) in [7, 11) is 0. The van der Waals surface area contributed by atoms with Crippen LogP contribution in [0.5, 0.6) is 0 Å². The number of fused-ring (bicyclic) bond motifs is 1. The van der Waals surface area contributed by atoms with Crippen molar-refractivity contribution in [3.8, 4) is 11.3 Å². The van der Waals surface area contributed by atoms with Gasteiger partial charge in [-0.15, -0.1) is 5.10 Å². The summed E-state index contributed by atoms with van der Waals surface area (Å²) in [6.07, 6.45) is 1.77. The van der Waals surface area contributed by atoms with Crippen molar-refractivity contribution in [1.29, 1.82) is 0 Å². The van der Waals surface area contributed by atoms with Crippen LogP contribution < -0.4 is 16.4 Å². The van der Waals surface area contributed by atoms with Crippen LogP contribution in [0.15, 0.2) is 58.3 Å². The number of nitrogens with zero attached hydrogens (tertiary/aromatic N) is 4. The number of imidazole rings is 1. The first-order valence-corrected chi connectivity index (χ1v) is 8.42. The van der Waals surface area contributed by atoms with Crippen LogP contribution in [0.3, 0.4) is 0 Å². The second-order valence-electron chi connectivity index (χ2n) is 5.41. The van der Waals surface area contributed by atoms with Crippen LogP contribution in [0.25, 0.3) is 16.2 Å². The normalized spacial score (nSPS) is 10.9. The van der Waals surface area contributed by atoms with Crippen LogP contribution in [0.4, 0.5) is 5.13 Å². The van der Waals surface area contributed by atoms with E-state index in [-0.39, 0.29) is 6.54 Å². The number of amides is 1. The van der Waals surface area contributed by atoms with E-state index in [1.165, 1.54) is 11.3 Å². The molecule has 10 heteroatoms. The summed E-state index contributed by atoms with van der Waals surface area (Å²) in [5.41, 5.74) is 0.832. The Balaban J connectivity index is 1.51. The topological polar surface area (TPSA) is 114 Å². The lowest BCUT2D eigenvalue weighted by Gasteiger charge is -2.03. The molecule has 0 fully saturated rings. The van der Waals surface area contributed by atoms with Crippen molar-refractivity contribution in [3.05, 3.63) is 69.4 Å². The number of aromatic nitrogens is 5. The predicted molar refractivity (Wildman–Crippen MR) is 96.3 cm³/mol. The summed E-state index contributed by atoms with van der Waals surface area (Å²) in [6.45, 7) is -0.313. The zero-order valence-corrected chi connectivity index (χ0v) is 14.1. The second kappa shape index (κ2) is 6.41. The Bertz CT molecular complexity index is 1170. The number of rotatable bonds is 4. The Morgan fingerprint density at radius 3 is 2.73 bits per heavy atom. The van der Waals surface area contributed by atoms with Crippen LogP contribution in [-0.4, -0.2) is 30.3 Å². The maximum Gasteiger partial charge on any atom is 0.265 e. The van der Waals surface area contributed by atoms with Gasteiger partial charge in [0.1, 0.15) is 6.54 Å². The molecule has 0 aliphatic heterocycles. The SMILES string of the molecule is O=C(Cn1[nH]c(=O)ccc1=O)Nc1nn2cc(-c3ccccc3)nc2s1.